The number of hydrogen-bond donors (Lipinski definition) is 2. The first-order valence-electron chi connectivity index (χ1n) is 8.54. The fourth-order valence-corrected chi connectivity index (χ4v) is 3.20. The third-order valence-corrected chi connectivity index (χ3v) is 4.63. The summed E-state index contributed by atoms with van der Waals surface area (Å²) in [6.07, 6.45) is 1.68. The van der Waals surface area contributed by atoms with E-state index < -0.39 is 0 Å². The van der Waals surface area contributed by atoms with E-state index >= 15 is 0 Å². The minimum Gasteiger partial charge on any atom is -0.390 e. The fourth-order valence-electron chi connectivity index (χ4n) is 3.20. The average Bonchev–Trinajstić information content (AvgIpc) is 2.59. The highest BCUT2D eigenvalue weighted by atomic mass is 16.3. The normalized spacial score (nSPS) is 22.0. The molecule has 2 unspecified atom stereocenters. The Bertz CT molecular complexity index is 597. The monoisotopic (exact) mass is 310 g/mol. The number of aliphatic hydroxyl groups excluding tert-OH is 1. The van der Waals surface area contributed by atoms with E-state index in [0.29, 0.717) is 0 Å². The minimum absolute atomic E-state index is 0.134. The number of likely N-dealkylation sites (tertiary alicyclic amines) is 1. The lowest BCUT2D eigenvalue weighted by Crippen LogP contribution is -2.49. The van der Waals surface area contributed by atoms with Gasteiger partial charge in [0.25, 0.3) is 0 Å². The number of rotatable bonds is 5. The predicted molar refractivity (Wildman–Crippen MR) is 95.6 cm³/mol. The standard InChI is InChI=1S/C20H26N2O/c1-2-16-8-10-18(11-9-16)21-19-12-13-22(15-20(19)23)14-17-6-4-3-5-7-17/h3-11,19-21,23H,2,12-15H2,1H3. The molecule has 0 radical (unpaired) electrons. The summed E-state index contributed by atoms with van der Waals surface area (Å²) in [7, 11) is 0. The number of nitrogens with zero attached hydrogens (tertiary/aromatic N) is 1. The topological polar surface area (TPSA) is 35.5 Å². The molecule has 1 heterocycles. The summed E-state index contributed by atoms with van der Waals surface area (Å²) >= 11 is 0. The van der Waals surface area contributed by atoms with Gasteiger partial charge >= 0.3 is 0 Å². The van der Waals surface area contributed by atoms with Gasteiger partial charge < -0.3 is 10.4 Å². The molecule has 0 spiro atoms. The number of nitrogens with one attached hydrogen (secondary N) is 1. The molecule has 2 N–H and O–H groups in total. The number of β-amino-alcohol motifs (C(OH)–C–C–N with tert-alkyl or cyclic N) is 1. The second-order valence-electron chi connectivity index (χ2n) is 6.38. The number of anilines is 1. The zero-order valence-electron chi connectivity index (χ0n) is 13.8. The summed E-state index contributed by atoms with van der Waals surface area (Å²) in [5.74, 6) is 0. The van der Waals surface area contributed by atoms with Crippen LogP contribution in [0.1, 0.15) is 24.5 Å². The van der Waals surface area contributed by atoms with Crippen LogP contribution in [0.3, 0.4) is 0 Å². The molecular formula is C20H26N2O. The molecule has 1 saturated heterocycles. The first-order valence-corrected chi connectivity index (χ1v) is 8.54. The van der Waals surface area contributed by atoms with E-state index in [4.69, 9.17) is 0 Å². The Morgan fingerprint density at radius 2 is 1.78 bits per heavy atom. The molecule has 3 rings (SSSR count). The molecular weight excluding hydrogens is 284 g/mol. The number of aliphatic hydroxyl groups is 1. The van der Waals surface area contributed by atoms with Gasteiger partial charge in [-0.3, -0.25) is 4.90 Å². The van der Waals surface area contributed by atoms with Crippen LogP contribution in [-0.4, -0.2) is 35.2 Å². The van der Waals surface area contributed by atoms with Crippen molar-refractivity contribution in [1.82, 2.24) is 4.90 Å². The van der Waals surface area contributed by atoms with E-state index in [9.17, 15) is 5.11 Å². The summed E-state index contributed by atoms with van der Waals surface area (Å²) in [5.41, 5.74) is 3.75. The lowest BCUT2D eigenvalue weighted by Gasteiger charge is -2.36. The van der Waals surface area contributed by atoms with Gasteiger partial charge in [-0.1, -0.05) is 49.4 Å². The number of hydrogen-bond acceptors (Lipinski definition) is 3. The molecule has 0 saturated carbocycles. The molecule has 1 fully saturated rings. The third kappa shape index (κ3) is 4.34. The molecule has 0 bridgehead atoms. The molecule has 2 aromatic carbocycles. The Balaban J connectivity index is 1.53. The van der Waals surface area contributed by atoms with Gasteiger partial charge in [0.05, 0.1) is 12.1 Å². The van der Waals surface area contributed by atoms with Gasteiger partial charge in [-0.05, 0) is 36.1 Å². The molecule has 3 nitrogen and oxygen atoms in total. The van der Waals surface area contributed by atoms with Crippen molar-refractivity contribution >= 4 is 5.69 Å². The summed E-state index contributed by atoms with van der Waals surface area (Å²) in [6.45, 7) is 4.81. The Morgan fingerprint density at radius 1 is 1.04 bits per heavy atom. The molecule has 0 aromatic heterocycles. The van der Waals surface area contributed by atoms with E-state index in [1.54, 1.807) is 0 Å². The summed E-state index contributed by atoms with van der Waals surface area (Å²) in [6, 6.07) is 19.1. The van der Waals surface area contributed by atoms with E-state index in [0.717, 1.165) is 38.2 Å². The molecule has 23 heavy (non-hydrogen) atoms. The third-order valence-electron chi connectivity index (χ3n) is 4.63. The van der Waals surface area contributed by atoms with E-state index in [2.05, 4.69) is 65.7 Å². The summed E-state index contributed by atoms with van der Waals surface area (Å²) in [5, 5.41) is 14.0. The van der Waals surface area contributed by atoms with Crippen molar-refractivity contribution in [2.75, 3.05) is 18.4 Å². The van der Waals surface area contributed by atoms with Crippen molar-refractivity contribution in [1.29, 1.82) is 0 Å². The zero-order chi connectivity index (χ0) is 16.1. The Labute approximate surface area is 139 Å². The highest BCUT2D eigenvalue weighted by Crippen LogP contribution is 2.19. The lowest BCUT2D eigenvalue weighted by atomic mass is 10.0. The van der Waals surface area contributed by atoms with Crippen molar-refractivity contribution in [3.8, 4) is 0 Å². The van der Waals surface area contributed by atoms with Crippen molar-refractivity contribution in [3.05, 3.63) is 65.7 Å². The predicted octanol–water partition coefficient (Wildman–Crippen LogP) is 3.30. The van der Waals surface area contributed by atoms with E-state index in [-0.39, 0.29) is 12.1 Å². The van der Waals surface area contributed by atoms with Gasteiger partial charge in [0, 0.05) is 25.3 Å². The van der Waals surface area contributed by atoms with Crippen LogP contribution in [0.4, 0.5) is 5.69 Å². The zero-order valence-corrected chi connectivity index (χ0v) is 13.8. The van der Waals surface area contributed by atoms with Gasteiger partial charge in [-0.15, -0.1) is 0 Å². The molecule has 0 aliphatic carbocycles. The van der Waals surface area contributed by atoms with Crippen molar-refractivity contribution in [3.63, 3.8) is 0 Å². The van der Waals surface area contributed by atoms with Crippen LogP contribution in [-0.2, 0) is 13.0 Å². The van der Waals surface area contributed by atoms with Crippen LogP contribution in [0.5, 0.6) is 0 Å². The SMILES string of the molecule is CCc1ccc(NC2CCN(Cc3ccccc3)CC2O)cc1. The molecule has 1 aliphatic heterocycles. The number of benzene rings is 2. The van der Waals surface area contributed by atoms with Crippen LogP contribution in [0.2, 0.25) is 0 Å². The van der Waals surface area contributed by atoms with E-state index in [1.807, 2.05) is 6.07 Å². The van der Waals surface area contributed by atoms with E-state index in [1.165, 1.54) is 11.1 Å². The van der Waals surface area contributed by atoms with Crippen molar-refractivity contribution < 1.29 is 5.11 Å². The highest BCUT2D eigenvalue weighted by molar-refractivity contribution is 5.45. The molecule has 1 aliphatic rings. The van der Waals surface area contributed by atoms with Gasteiger partial charge in [0.1, 0.15) is 0 Å². The first kappa shape index (κ1) is 16.0. The maximum Gasteiger partial charge on any atom is 0.0868 e. The fraction of sp³-hybridized carbons (Fsp3) is 0.400. The van der Waals surface area contributed by atoms with Crippen LogP contribution in [0.15, 0.2) is 54.6 Å². The maximum atomic E-state index is 10.5. The van der Waals surface area contributed by atoms with Crippen LogP contribution >= 0.6 is 0 Å². The molecule has 0 amide bonds. The van der Waals surface area contributed by atoms with Gasteiger partial charge in [-0.2, -0.15) is 0 Å². The first-order chi connectivity index (χ1) is 11.2. The average molecular weight is 310 g/mol. The summed E-state index contributed by atoms with van der Waals surface area (Å²) < 4.78 is 0. The molecule has 2 atom stereocenters. The van der Waals surface area contributed by atoms with Gasteiger partial charge in [-0.25, -0.2) is 0 Å². The van der Waals surface area contributed by atoms with Crippen LogP contribution in [0.25, 0.3) is 0 Å². The Hall–Kier alpha value is -1.84. The summed E-state index contributed by atoms with van der Waals surface area (Å²) in [4.78, 5) is 2.33. The van der Waals surface area contributed by atoms with Crippen molar-refractivity contribution in [2.45, 2.75) is 38.5 Å². The van der Waals surface area contributed by atoms with Gasteiger partial charge in [0.15, 0.2) is 0 Å². The Kier molecular flexibility index (Phi) is 5.31. The highest BCUT2D eigenvalue weighted by Gasteiger charge is 2.27. The molecule has 3 heteroatoms. The smallest absolute Gasteiger partial charge is 0.0868 e. The largest absolute Gasteiger partial charge is 0.390 e. The lowest BCUT2D eigenvalue weighted by molar-refractivity contribution is 0.0562. The number of piperidine rings is 1. The molecule has 2 aromatic rings. The number of aryl methyl sites for hydroxylation is 1. The van der Waals surface area contributed by atoms with Crippen LogP contribution < -0.4 is 5.32 Å². The second-order valence-corrected chi connectivity index (χ2v) is 6.38. The molecule has 122 valence electrons. The quantitative estimate of drug-likeness (QED) is 0.889. The Morgan fingerprint density at radius 3 is 2.43 bits per heavy atom. The maximum absolute atomic E-state index is 10.5. The van der Waals surface area contributed by atoms with Crippen molar-refractivity contribution in [2.24, 2.45) is 0 Å². The second kappa shape index (κ2) is 7.62. The van der Waals surface area contributed by atoms with Gasteiger partial charge in [0.2, 0.25) is 0 Å². The van der Waals surface area contributed by atoms with Crippen LogP contribution in [0, 0.1) is 0 Å². The minimum atomic E-state index is -0.335.